The van der Waals surface area contributed by atoms with Crippen molar-refractivity contribution in [2.45, 2.75) is 13.3 Å². The lowest BCUT2D eigenvalue weighted by atomic mass is 10.3. The van der Waals surface area contributed by atoms with Crippen LogP contribution in [-0.4, -0.2) is 27.9 Å². The average molecular weight is 487 g/mol. The maximum absolute atomic E-state index is 12.0. The molecule has 24 heavy (non-hydrogen) atoms. The molecule has 1 heterocycles. The van der Waals surface area contributed by atoms with Gasteiger partial charge in [0.25, 0.3) is 5.56 Å². The van der Waals surface area contributed by atoms with Gasteiger partial charge in [0.1, 0.15) is 16.9 Å². The quantitative estimate of drug-likeness (QED) is 0.461. The highest BCUT2D eigenvalue weighted by molar-refractivity contribution is 14.1. The van der Waals surface area contributed by atoms with E-state index in [0.29, 0.717) is 15.7 Å². The zero-order valence-corrected chi connectivity index (χ0v) is 15.9. The molecule has 0 amide bonds. The topological polar surface area (TPSA) is 93.6 Å². The van der Waals surface area contributed by atoms with E-state index in [0.717, 1.165) is 0 Å². The Labute approximate surface area is 160 Å². The number of aliphatic hydroxyl groups is 1. The second-order valence-electron chi connectivity index (χ2n) is 4.55. The minimum absolute atomic E-state index is 0.0543. The number of aromatic amines is 1. The van der Waals surface area contributed by atoms with E-state index in [1.54, 1.807) is 18.2 Å². The van der Waals surface area contributed by atoms with E-state index < -0.39 is 11.2 Å². The van der Waals surface area contributed by atoms with Gasteiger partial charge in [0.15, 0.2) is 5.75 Å². The molecular weight excluding hydrogens is 474 g/mol. The SMILES string of the molecule is O=c1[nH]c(=O)n(COCCO)c(COc2c(Cl)cccc2Cl)c1I. The van der Waals surface area contributed by atoms with Gasteiger partial charge in [-0.25, -0.2) is 4.79 Å². The number of halogens is 3. The Kier molecular flexibility index (Phi) is 7.11. The van der Waals surface area contributed by atoms with Gasteiger partial charge in [0.2, 0.25) is 0 Å². The molecule has 0 aliphatic heterocycles. The second-order valence-corrected chi connectivity index (χ2v) is 6.44. The van der Waals surface area contributed by atoms with Gasteiger partial charge in [-0.15, -0.1) is 0 Å². The number of aliphatic hydroxyl groups excluding tert-OH is 1. The number of hydrogen-bond donors (Lipinski definition) is 2. The number of H-pyrrole nitrogens is 1. The van der Waals surface area contributed by atoms with Gasteiger partial charge in [-0.1, -0.05) is 29.3 Å². The number of nitrogens with zero attached hydrogens (tertiary/aromatic N) is 1. The fourth-order valence-electron chi connectivity index (χ4n) is 1.85. The Morgan fingerprint density at radius 1 is 1.25 bits per heavy atom. The van der Waals surface area contributed by atoms with Crippen LogP contribution >= 0.6 is 45.8 Å². The summed E-state index contributed by atoms with van der Waals surface area (Å²) in [5.41, 5.74) is -0.844. The molecule has 0 radical (unpaired) electrons. The van der Waals surface area contributed by atoms with E-state index in [1.807, 2.05) is 22.6 Å². The molecule has 1 aromatic carbocycles. The number of aromatic nitrogens is 2. The fourth-order valence-corrected chi connectivity index (χ4v) is 2.94. The van der Waals surface area contributed by atoms with Crippen molar-refractivity contribution in [3.05, 3.63) is 58.3 Å². The van der Waals surface area contributed by atoms with Crippen LogP contribution in [0.5, 0.6) is 5.75 Å². The van der Waals surface area contributed by atoms with Gasteiger partial charge in [-0.3, -0.25) is 14.3 Å². The van der Waals surface area contributed by atoms with Crippen molar-refractivity contribution in [3.8, 4) is 5.75 Å². The zero-order valence-electron chi connectivity index (χ0n) is 12.2. The van der Waals surface area contributed by atoms with Crippen molar-refractivity contribution < 1.29 is 14.6 Å². The Morgan fingerprint density at radius 3 is 2.54 bits per heavy atom. The largest absolute Gasteiger partial charge is 0.484 e. The van der Waals surface area contributed by atoms with Crippen LogP contribution in [0.1, 0.15) is 5.69 Å². The summed E-state index contributed by atoms with van der Waals surface area (Å²) in [7, 11) is 0. The minimum atomic E-state index is -0.637. The maximum atomic E-state index is 12.0. The molecule has 7 nitrogen and oxygen atoms in total. The number of nitrogens with one attached hydrogen (secondary N) is 1. The van der Waals surface area contributed by atoms with Crippen LogP contribution in [0, 0.1) is 3.57 Å². The normalized spacial score (nSPS) is 10.8. The van der Waals surface area contributed by atoms with Gasteiger partial charge >= 0.3 is 5.69 Å². The summed E-state index contributed by atoms with van der Waals surface area (Å²) in [6.45, 7) is -0.375. The summed E-state index contributed by atoms with van der Waals surface area (Å²) in [5, 5.41) is 9.39. The zero-order chi connectivity index (χ0) is 17.7. The fraction of sp³-hybridized carbons (Fsp3) is 0.286. The second kappa shape index (κ2) is 8.86. The van der Waals surface area contributed by atoms with Crippen LogP contribution in [-0.2, 0) is 18.1 Å². The lowest BCUT2D eigenvalue weighted by Crippen LogP contribution is -2.36. The Bertz CT molecular complexity index is 817. The van der Waals surface area contributed by atoms with Crippen LogP contribution in [0.15, 0.2) is 27.8 Å². The van der Waals surface area contributed by atoms with Crippen LogP contribution < -0.4 is 16.0 Å². The standard InChI is InChI=1S/C14H13Cl2IN2O5/c15-8-2-1-3-9(16)12(8)24-6-10-11(17)13(21)18-14(22)19(10)7-23-5-4-20/h1-3,20H,4-7H2,(H,18,21,22). The number of hydrogen-bond acceptors (Lipinski definition) is 5. The maximum Gasteiger partial charge on any atom is 0.330 e. The molecular formula is C14H13Cl2IN2O5. The van der Waals surface area contributed by atoms with Gasteiger partial charge in [0, 0.05) is 0 Å². The van der Waals surface area contributed by atoms with Crippen LogP contribution in [0.3, 0.4) is 0 Å². The molecule has 1 aromatic heterocycles. The summed E-state index contributed by atoms with van der Waals surface area (Å²) < 4.78 is 12.3. The lowest BCUT2D eigenvalue weighted by molar-refractivity contribution is 0.0424. The molecule has 2 N–H and O–H groups in total. The van der Waals surface area contributed by atoms with E-state index in [-0.39, 0.29) is 35.9 Å². The van der Waals surface area contributed by atoms with Crippen molar-refractivity contribution in [2.75, 3.05) is 13.2 Å². The first kappa shape index (κ1) is 19.3. The van der Waals surface area contributed by atoms with E-state index in [4.69, 9.17) is 37.8 Å². The van der Waals surface area contributed by atoms with Crippen molar-refractivity contribution in [2.24, 2.45) is 0 Å². The Morgan fingerprint density at radius 2 is 1.92 bits per heavy atom. The molecule has 0 bridgehead atoms. The van der Waals surface area contributed by atoms with Gasteiger partial charge < -0.3 is 14.6 Å². The molecule has 0 unspecified atom stereocenters. The van der Waals surface area contributed by atoms with Crippen molar-refractivity contribution in [3.63, 3.8) is 0 Å². The third-order valence-corrected chi connectivity index (χ3v) is 4.68. The van der Waals surface area contributed by atoms with Gasteiger partial charge in [-0.05, 0) is 34.7 Å². The third-order valence-electron chi connectivity index (χ3n) is 2.97. The van der Waals surface area contributed by atoms with Crippen molar-refractivity contribution >= 4 is 45.8 Å². The lowest BCUT2D eigenvalue weighted by Gasteiger charge is -2.15. The predicted molar refractivity (Wildman–Crippen MR) is 97.9 cm³/mol. The third kappa shape index (κ3) is 4.51. The molecule has 2 rings (SSSR count). The number of rotatable bonds is 7. The van der Waals surface area contributed by atoms with E-state index in [9.17, 15) is 9.59 Å². The minimum Gasteiger partial charge on any atom is -0.484 e. The average Bonchev–Trinajstić information content (AvgIpc) is 2.53. The molecule has 0 saturated heterocycles. The molecule has 0 atom stereocenters. The van der Waals surface area contributed by atoms with Crippen LogP contribution in [0.2, 0.25) is 10.0 Å². The summed E-state index contributed by atoms with van der Waals surface area (Å²) in [5.74, 6) is 0.257. The van der Waals surface area contributed by atoms with E-state index >= 15 is 0 Å². The molecule has 130 valence electrons. The molecule has 0 fully saturated rings. The first-order valence-electron chi connectivity index (χ1n) is 6.72. The monoisotopic (exact) mass is 486 g/mol. The van der Waals surface area contributed by atoms with Gasteiger partial charge in [-0.2, -0.15) is 0 Å². The van der Waals surface area contributed by atoms with E-state index in [1.165, 1.54) is 4.57 Å². The van der Waals surface area contributed by atoms with Crippen molar-refractivity contribution in [1.82, 2.24) is 9.55 Å². The van der Waals surface area contributed by atoms with E-state index in [2.05, 4.69) is 4.98 Å². The summed E-state index contributed by atoms with van der Waals surface area (Å²) in [4.78, 5) is 26.0. The highest BCUT2D eigenvalue weighted by Crippen LogP contribution is 2.33. The summed E-state index contributed by atoms with van der Waals surface area (Å²) in [6.07, 6.45) is 0. The van der Waals surface area contributed by atoms with Crippen LogP contribution in [0.4, 0.5) is 0 Å². The molecule has 2 aromatic rings. The Hall–Kier alpha value is -1.07. The first-order valence-corrected chi connectivity index (χ1v) is 8.56. The predicted octanol–water partition coefficient (Wildman–Crippen LogP) is 1.99. The molecule has 0 aliphatic rings. The smallest absolute Gasteiger partial charge is 0.330 e. The Balaban J connectivity index is 2.34. The molecule has 0 aliphatic carbocycles. The molecule has 0 spiro atoms. The van der Waals surface area contributed by atoms with Crippen LogP contribution in [0.25, 0.3) is 0 Å². The van der Waals surface area contributed by atoms with Gasteiger partial charge in [0.05, 0.1) is 29.0 Å². The molecule has 10 heteroatoms. The number of benzene rings is 1. The van der Waals surface area contributed by atoms with Crippen molar-refractivity contribution in [1.29, 1.82) is 0 Å². The highest BCUT2D eigenvalue weighted by atomic mass is 127. The molecule has 0 saturated carbocycles. The number of ether oxygens (including phenoxy) is 2. The first-order chi connectivity index (χ1) is 11.5. The summed E-state index contributed by atoms with van der Waals surface area (Å²) in [6, 6.07) is 4.90. The number of para-hydroxylation sites is 1. The summed E-state index contributed by atoms with van der Waals surface area (Å²) >= 11 is 13.9. The highest BCUT2D eigenvalue weighted by Gasteiger charge is 2.15.